The normalized spacial score (nSPS) is 63.8. The van der Waals surface area contributed by atoms with Crippen LogP contribution in [0.1, 0.15) is 38.5 Å². The third kappa shape index (κ3) is 1.22. The van der Waals surface area contributed by atoms with Crippen LogP contribution in [0.5, 0.6) is 0 Å². The van der Waals surface area contributed by atoms with Gasteiger partial charge in [-0.2, -0.15) is 0 Å². The Morgan fingerprint density at radius 3 is 1.39 bits per heavy atom. The average Bonchev–Trinajstić information content (AvgIpc) is 2.33. The Bertz CT molecular complexity index is 355. The summed E-state index contributed by atoms with van der Waals surface area (Å²) in [4.78, 5) is 0. The van der Waals surface area contributed by atoms with Gasteiger partial charge in [-0.25, -0.2) is 0 Å². The third-order valence-electron chi connectivity index (χ3n) is 7.50. The minimum Gasteiger partial charge on any atom is -0.0470 e. The van der Waals surface area contributed by atoms with Gasteiger partial charge >= 0.3 is 5.32 Å². The van der Waals surface area contributed by atoms with Gasteiger partial charge in [-0.3, -0.25) is 0 Å². The largest absolute Gasteiger partial charge is 0.313 e. The Hall–Kier alpha value is 1.30. The highest BCUT2D eigenvalue weighted by atomic mass is 36.1. The van der Waals surface area contributed by atoms with Crippen molar-refractivity contribution in [3.05, 3.63) is 0 Å². The summed E-state index contributed by atoms with van der Waals surface area (Å²) < 4.78 is 0. The molecule has 100 valence electrons. The van der Waals surface area contributed by atoms with Gasteiger partial charge in [-0.05, 0) is 80.0 Å². The first-order valence-corrected chi connectivity index (χ1v) is 12.0. The van der Waals surface area contributed by atoms with Crippen LogP contribution >= 0.6 is 39.0 Å². The monoisotopic (exact) mass is 323 g/mol. The molecule has 8 bridgehead atoms. The van der Waals surface area contributed by atoms with Crippen LogP contribution in [-0.2, 0) is 0 Å². The van der Waals surface area contributed by atoms with Crippen molar-refractivity contribution >= 4 is 39.0 Å². The predicted octanol–water partition coefficient (Wildman–Crippen LogP) is 5.93. The fourth-order valence-corrected chi connectivity index (χ4v) is 10.3. The molecule has 7 rings (SSSR count). The number of rotatable bonds is 1. The van der Waals surface area contributed by atoms with Crippen LogP contribution in [0, 0.1) is 41.4 Å². The molecule has 7 fully saturated rings. The Kier molecular flexibility index (Phi) is 2.23. The van der Waals surface area contributed by atoms with Crippen molar-refractivity contribution in [3.8, 4) is 0 Å². The van der Waals surface area contributed by atoms with Crippen LogP contribution in [0.3, 0.4) is 0 Å². The number of hydrogen-bond acceptors (Lipinski definition) is 0. The number of halogens is 3. The molecule has 0 saturated heterocycles. The van der Waals surface area contributed by atoms with E-state index in [1.165, 1.54) is 38.5 Å². The number of hydrogen-bond donors (Lipinski definition) is 0. The summed E-state index contributed by atoms with van der Waals surface area (Å²) in [6.45, 7) is 0. The minimum absolute atomic E-state index is 0.144. The maximum atomic E-state index is 6.51. The van der Waals surface area contributed by atoms with Gasteiger partial charge in [0.1, 0.15) is 38.9 Å². The Morgan fingerprint density at radius 1 is 0.667 bits per heavy atom. The highest BCUT2D eigenvalue weighted by Gasteiger charge is 2.74. The highest BCUT2D eigenvalue weighted by molar-refractivity contribution is 8.33. The minimum atomic E-state index is -2.25. The smallest absolute Gasteiger partial charge is 0.0470 e. The molecule has 7 aliphatic carbocycles. The second-order valence-corrected chi connectivity index (χ2v) is 15.8. The Morgan fingerprint density at radius 2 is 1.06 bits per heavy atom. The Labute approximate surface area is 124 Å². The van der Waals surface area contributed by atoms with Gasteiger partial charge in [-0.1, -0.05) is 0 Å². The summed E-state index contributed by atoms with van der Waals surface area (Å²) in [6, 6.07) is 0. The standard InChI is InChI=1S/C14H19Cl3P/c15-18(16,17)14-4-11-8-1-7-2-9(11)13(6-14)10(3-7)12(8)5-14/h7-13H,1-6H2/q+1. The lowest BCUT2D eigenvalue weighted by molar-refractivity contribution is -0.195. The van der Waals surface area contributed by atoms with Crippen molar-refractivity contribution in [2.24, 2.45) is 41.4 Å². The molecule has 0 nitrogen and oxygen atoms in total. The molecule has 0 aromatic rings. The SMILES string of the molecule is Cl[P+](Cl)(Cl)C12CC3C4CC5CC3C(C1)C(C5)C4C2. The predicted molar refractivity (Wildman–Crippen MR) is 79.3 cm³/mol. The van der Waals surface area contributed by atoms with E-state index in [0.717, 1.165) is 41.4 Å². The van der Waals surface area contributed by atoms with Crippen LogP contribution in [0.15, 0.2) is 0 Å². The molecule has 7 saturated carbocycles. The van der Waals surface area contributed by atoms with Crippen molar-refractivity contribution in [2.75, 3.05) is 0 Å². The lowest BCUT2D eigenvalue weighted by atomic mass is 9.35. The first-order chi connectivity index (χ1) is 8.48. The van der Waals surface area contributed by atoms with Gasteiger partial charge in [0.2, 0.25) is 0 Å². The van der Waals surface area contributed by atoms with Crippen molar-refractivity contribution in [2.45, 2.75) is 43.7 Å². The molecular weight excluding hydrogens is 305 g/mol. The molecule has 0 aliphatic heterocycles. The fourth-order valence-electron chi connectivity index (χ4n) is 7.18. The summed E-state index contributed by atoms with van der Waals surface area (Å²) in [5, 5.41) is -2.10. The molecule has 0 aromatic heterocycles. The maximum absolute atomic E-state index is 6.51. The van der Waals surface area contributed by atoms with Gasteiger partial charge in [0, 0.05) is 0 Å². The highest BCUT2D eigenvalue weighted by Crippen LogP contribution is 2.90. The van der Waals surface area contributed by atoms with Crippen LogP contribution in [0.25, 0.3) is 0 Å². The molecule has 0 radical (unpaired) electrons. The van der Waals surface area contributed by atoms with Gasteiger partial charge in [0.05, 0.1) is 0 Å². The molecular formula is C14H19Cl3P+. The molecule has 0 N–H and O–H groups in total. The van der Waals surface area contributed by atoms with Gasteiger partial charge in [0.25, 0.3) is 0 Å². The summed E-state index contributed by atoms with van der Waals surface area (Å²) in [6.07, 6.45) is 8.34. The van der Waals surface area contributed by atoms with E-state index in [4.69, 9.17) is 33.7 Å². The second-order valence-electron chi connectivity index (χ2n) is 7.84. The van der Waals surface area contributed by atoms with Gasteiger partial charge in [0.15, 0.2) is 0 Å². The van der Waals surface area contributed by atoms with E-state index in [9.17, 15) is 0 Å². The molecule has 0 unspecified atom stereocenters. The quantitative estimate of drug-likeness (QED) is 0.525. The van der Waals surface area contributed by atoms with E-state index in [2.05, 4.69) is 0 Å². The van der Waals surface area contributed by atoms with E-state index >= 15 is 0 Å². The zero-order valence-electron chi connectivity index (χ0n) is 10.4. The summed E-state index contributed by atoms with van der Waals surface area (Å²) >= 11 is 19.5. The Balaban J connectivity index is 1.63. The van der Waals surface area contributed by atoms with E-state index < -0.39 is 5.32 Å². The third-order valence-corrected chi connectivity index (χ3v) is 12.4. The summed E-state index contributed by atoms with van der Waals surface area (Å²) in [7, 11) is 0. The van der Waals surface area contributed by atoms with E-state index in [1.807, 2.05) is 0 Å². The summed E-state index contributed by atoms with van der Waals surface area (Å²) in [5.41, 5.74) is 0. The first kappa shape index (κ1) is 11.9. The second kappa shape index (κ2) is 3.37. The van der Waals surface area contributed by atoms with Crippen molar-refractivity contribution < 1.29 is 0 Å². The molecule has 4 heteroatoms. The van der Waals surface area contributed by atoms with E-state index in [0.29, 0.717) is 0 Å². The zero-order valence-corrected chi connectivity index (χ0v) is 13.5. The molecule has 0 heterocycles. The van der Waals surface area contributed by atoms with E-state index in [-0.39, 0.29) is 5.16 Å². The topological polar surface area (TPSA) is 0 Å². The molecule has 0 aromatic carbocycles. The molecule has 0 atom stereocenters. The van der Waals surface area contributed by atoms with Crippen LogP contribution in [0.2, 0.25) is 0 Å². The lowest BCUT2D eigenvalue weighted by Gasteiger charge is -2.71. The average molecular weight is 325 g/mol. The van der Waals surface area contributed by atoms with Gasteiger partial charge in [-0.15, -0.1) is 0 Å². The van der Waals surface area contributed by atoms with Crippen molar-refractivity contribution in [3.63, 3.8) is 0 Å². The molecule has 0 amide bonds. The summed E-state index contributed by atoms with van der Waals surface area (Å²) in [5.74, 6) is 6.95. The van der Waals surface area contributed by atoms with Crippen LogP contribution < -0.4 is 0 Å². The van der Waals surface area contributed by atoms with Crippen molar-refractivity contribution in [1.29, 1.82) is 0 Å². The van der Waals surface area contributed by atoms with Crippen molar-refractivity contribution in [1.82, 2.24) is 0 Å². The van der Waals surface area contributed by atoms with Gasteiger partial charge < -0.3 is 0 Å². The van der Waals surface area contributed by atoms with E-state index in [1.54, 1.807) is 0 Å². The maximum Gasteiger partial charge on any atom is 0.313 e. The first-order valence-electron chi connectivity index (χ1n) is 7.47. The molecule has 7 aliphatic rings. The molecule has 18 heavy (non-hydrogen) atoms. The van der Waals surface area contributed by atoms with Crippen LogP contribution in [0.4, 0.5) is 0 Å². The molecule has 0 spiro atoms. The fraction of sp³-hybridized carbons (Fsp3) is 1.00. The van der Waals surface area contributed by atoms with Crippen LogP contribution in [-0.4, -0.2) is 5.16 Å². The lowest BCUT2D eigenvalue weighted by Crippen LogP contribution is -2.66. The zero-order chi connectivity index (χ0) is 12.3.